The third-order valence-corrected chi connectivity index (χ3v) is 4.10. The van der Waals surface area contributed by atoms with Crippen molar-refractivity contribution in [2.75, 3.05) is 10.6 Å². The fourth-order valence-corrected chi connectivity index (χ4v) is 3.01. The van der Waals surface area contributed by atoms with E-state index in [1.807, 2.05) is 0 Å². The van der Waals surface area contributed by atoms with Gasteiger partial charge in [-0.25, -0.2) is 9.97 Å². The number of hydrogen-bond acceptors (Lipinski definition) is 4. The van der Waals surface area contributed by atoms with Crippen molar-refractivity contribution >= 4 is 34.7 Å². The first-order valence-electron chi connectivity index (χ1n) is 6.83. The Balaban J connectivity index is 2.12. The van der Waals surface area contributed by atoms with Crippen LogP contribution in [0.4, 0.5) is 33.5 Å². The lowest BCUT2D eigenvalue weighted by molar-refractivity contribution is -0.145. The Kier molecular flexibility index (Phi) is 4.19. The molecule has 4 nitrogen and oxygen atoms in total. The minimum absolute atomic E-state index is 0.208. The van der Waals surface area contributed by atoms with Gasteiger partial charge >= 0.3 is 6.18 Å². The lowest BCUT2D eigenvalue weighted by atomic mass is 10.1. The van der Waals surface area contributed by atoms with Gasteiger partial charge in [0.25, 0.3) is 5.92 Å². The molecule has 0 bridgehead atoms. The molecular formula is C14H9Cl2F5N4. The van der Waals surface area contributed by atoms with Crippen molar-refractivity contribution in [1.82, 2.24) is 9.97 Å². The average Bonchev–Trinajstić information content (AvgIpc) is 2.87. The molecule has 25 heavy (non-hydrogen) atoms. The van der Waals surface area contributed by atoms with Gasteiger partial charge in [0.2, 0.25) is 5.82 Å². The topological polar surface area (TPSA) is 49.8 Å². The summed E-state index contributed by atoms with van der Waals surface area (Å²) >= 11 is 12.1. The van der Waals surface area contributed by atoms with E-state index in [2.05, 4.69) is 20.6 Å². The van der Waals surface area contributed by atoms with Crippen LogP contribution in [0.5, 0.6) is 0 Å². The molecule has 1 aromatic heterocycles. The molecule has 0 aliphatic carbocycles. The number of hydrogen-bond donors (Lipinski definition) is 2. The van der Waals surface area contributed by atoms with E-state index in [4.69, 9.17) is 23.2 Å². The average molecular weight is 399 g/mol. The minimum Gasteiger partial charge on any atom is -0.357 e. The normalized spacial score (nSPS) is 17.0. The molecule has 2 heterocycles. The molecule has 11 heteroatoms. The third kappa shape index (κ3) is 3.30. The summed E-state index contributed by atoms with van der Waals surface area (Å²) in [5.41, 5.74) is -1.10. The van der Waals surface area contributed by atoms with Crippen molar-refractivity contribution in [1.29, 1.82) is 0 Å². The molecular weight excluding hydrogens is 390 g/mol. The van der Waals surface area contributed by atoms with Crippen molar-refractivity contribution < 1.29 is 22.0 Å². The first kappa shape index (κ1) is 17.9. The van der Waals surface area contributed by atoms with Gasteiger partial charge in [0.15, 0.2) is 5.82 Å². The molecule has 3 rings (SSSR count). The molecule has 0 amide bonds. The number of rotatable bonds is 2. The Hall–Kier alpha value is -1.87. The summed E-state index contributed by atoms with van der Waals surface area (Å²) in [6, 6.07) is 4.60. The quantitative estimate of drug-likeness (QED) is 0.660. The molecule has 1 atom stereocenters. The van der Waals surface area contributed by atoms with E-state index in [0.29, 0.717) is 12.5 Å². The molecule has 0 radical (unpaired) electrons. The first-order chi connectivity index (χ1) is 11.5. The highest BCUT2D eigenvalue weighted by Crippen LogP contribution is 2.45. The van der Waals surface area contributed by atoms with Crippen LogP contribution in [0.3, 0.4) is 0 Å². The second-order valence-electron chi connectivity index (χ2n) is 5.36. The zero-order valence-corrected chi connectivity index (χ0v) is 13.9. The zero-order chi connectivity index (χ0) is 18.6. The van der Waals surface area contributed by atoms with Gasteiger partial charge in [-0.15, -0.1) is 0 Å². The summed E-state index contributed by atoms with van der Waals surface area (Å²) in [5.74, 6) is -5.69. The Morgan fingerprint density at radius 1 is 1.00 bits per heavy atom. The number of anilines is 2. The number of nitrogens with one attached hydrogen (secondary N) is 2. The molecule has 0 fully saturated rings. The Morgan fingerprint density at radius 3 is 2.12 bits per heavy atom. The Bertz CT molecular complexity index is 815. The molecule has 2 aromatic rings. The van der Waals surface area contributed by atoms with Crippen LogP contribution in [0.15, 0.2) is 18.2 Å². The van der Waals surface area contributed by atoms with Gasteiger partial charge in [0.05, 0.1) is 0 Å². The van der Waals surface area contributed by atoms with Crippen LogP contribution >= 0.6 is 23.2 Å². The van der Waals surface area contributed by atoms with Crippen molar-refractivity contribution in [2.45, 2.75) is 25.2 Å². The number of aromatic nitrogens is 2. The van der Waals surface area contributed by atoms with Gasteiger partial charge in [-0.05, 0) is 12.1 Å². The smallest absolute Gasteiger partial charge is 0.357 e. The van der Waals surface area contributed by atoms with Crippen LogP contribution in [-0.2, 0) is 12.1 Å². The highest BCUT2D eigenvalue weighted by atomic mass is 35.5. The van der Waals surface area contributed by atoms with E-state index < -0.39 is 35.6 Å². The molecule has 0 saturated carbocycles. The number of fused-ring (bicyclic) bond motifs is 1. The second-order valence-corrected chi connectivity index (χ2v) is 6.18. The van der Waals surface area contributed by atoms with Crippen molar-refractivity contribution in [3.05, 3.63) is 45.3 Å². The van der Waals surface area contributed by atoms with E-state index in [9.17, 15) is 22.0 Å². The van der Waals surface area contributed by atoms with Gasteiger partial charge in [0.1, 0.15) is 17.5 Å². The van der Waals surface area contributed by atoms with Crippen LogP contribution < -0.4 is 10.6 Å². The summed E-state index contributed by atoms with van der Waals surface area (Å²) in [4.78, 5) is 6.31. The predicted molar refractivity (Wildman–Crippen MR) is 83.1 cm³/mol. The van der Waals surface area contributed by atoms with Gasteiger partial charge in [0, 0.05) is 22.5 Å². The van der Waals surface area contributed by atoms with Gasteiger partial charge in [-0.2, -0.15) is 22.0 Å². The van der Waals surface area contributed by atoms with E-state index in [1.54, 1.807) is 6.07 Å². The number of nitrogens with zero attached hydrogens (tertiary/aromatic N) is 2. The summed E-state index contributed by atoms with van der Waals surface area (Å²) in [6.45, 7) is 0.452. The molecule has 0 spiro atoms. The van der Waals surface area contributed by atoms with Crippen LogP contribution in [0.1, 0.15) is 30.2 Å². The standard InChI is InChI=1S/C14H9Cl2F5N4/c1-13(17,18)9-8-11(25-12(23-9)14(19,20)21)24-10(22-8)7-5(15)3-2-4-6(7)16/h2-4,10,22H,1H3,(H,23,24,25). The fraction of sp³-hybridized carbons (Fsp3) is 0.286. The second kappa shape index (κ2) is 5.84. The SMILES string of the molecule is CC(F)(F)c1nc(C(F)(F)F)nc2c1NC(c1c(Cl)cccc1Cl)N2. The highest BCUT2D eigenvalue weighted by Gasteiger charge is 2.43. The highest BCUT2D eigenvalue weighted by molar-refractivity contribution is 6.36. The maximum absolute atomic E-state index is 13.8. The van der Waals surface area contributed by atoms with Crippen molar-refractivity contribution in [2.24, 2.45) is 0 Å². The van der Waals surface area contributed by atoms with Crippen LogP contribution in [-0.4, -0.2) is 9.97 Å². The summed E-state index contributed by atoms with van der Waals surface area (Å²) in [7, 11) is 0. The lowest BCUT2D eigenvalue weighted by Gasteiger charge is -2.17. The van der Waals surface area contributed by atoms with Gasteiger partial charge < -0.3 is 10.6 Å². The molecule has 134 valence electrons. The van der Waals surface area contributed by atoms with Gasteiger partial charge in [-0.3, -0.25) is 0 Å². The molecule has 2 N–H and O–H groups in total. The van der Waals surface area contributed by atoms with Crippen LogP contribution in [0.25, 0.3) is 0 Å². The summed E-state index contributed by atoms with van der Waals surface area (Å²) < 4.78 is 66.3. The molecule has 1 aliphatic heterocycles. The van der Waals surface area contributed by atoms with E-state index >= 15 is 0 Å². The summed E-state index contributed by atoms with van der Waals surface area (Å²) in [5, 5.41) is 5.64. The predicted octanol–water partition coefficient (Wildman–Crippen LogP) is 5.45. The fourth-order valence-electron chi connectivity index (χ4n) is 2.39. The summed E-state index contributed by atoms with van der Waals surface area (Å²) in [6.07, 6.45) is -5.91. The van der Waals surface area contributed by atoms with Crippen molar-refractivity contribution in [3.63, 3.8) is 0 Å². The molecule has 1 aromatic carbocycles. The lowest BCUT2D eigenvalue weighted by Crippen LogP contribution is -2.19. The Labute approximate surface area is 148 Å². The number of alkyl halides is 5. The number of halogens is 7. The van der Waals surface area contributed by atoms with Crippen LogP contribution in [0, 0.1) is 0 Å². The molecule has 1 unspecified atom stereocenters. The maximum Gasteiger partial charge on any atom is 0.451 e. The van der Waals surface area contributed by atoms with Gasteiger partial charge in [-0.1, -0.05) is 29.3 Å². The van der Waals surface area contributed by atoms with E-state index in [-0.39, 0.29) is 15.7 Å². The maximum atomic E-state index is 13.8. The Morgan fingerprint density at radius 2 is 1.60 bits per heavy atom. The van der Waals surface area contributed by atoms with Crippen LogP contribution in [0.2, 0.25) is 10.0 Å². The third-order valence-electron chi connectivity index (χ3n) is 3.44. The minimum atomic E-state index is -4.98. The zero-order valence-electron chi connectivity index (χ0n) is 12.3. The molecule has 1 aliphatic rings. The van der Waals surface area contributed by atoms with E-state index in [0.717, 1.165) is 0 Å². The largest absolute Gasteiger partial charge is 0.451 e. The van der Waals surface area contributed by atoms with E-state index in [1.165, 1.54) is 12.1 Å². The number of benzene rings is 1. The van der Waals surface area contributed by atoms with Crippen molar-refractivity contribution in [3.8, 4) is 0 Å². The molecule has 0 saturated heterocycles. The first-order valence-corrected chi connectivity index (χ1v) is 7.58. The monoisotopic (exact) mass is 398 g/mol.